The molecule has 1 aromatic rings. The third-order valence-corrected chi connectivity index (χ3v) is 4.29. The van der Waals surface area contributed by atoms with Crippen molar-refractivity contribution in [3.63, 3.8) is 0 Å². The topological polar surface area (TPSA) is 49.8 Å². The van der Waals surface area contributed by atoms with Crippen molar-refractivity contribution in [2.45, 2.75) is 44.7 Å². The van der Waals surface area contributed by atoms with E-state index in [4.69, 9.17) is 4.74 Å². The minimum Gasteiger partial charge on any atom is -0.493 e. The predicted molar refractivity (Wildman–Crippen MR) is 75.9 cm³/mol. The molecule has 0 spiro atoms. The van der Waals surface area contributed by atoms with Crippen LogP contribution in [0.2, 0.25) is 0 Å². The van der Waals surface area contributed by atoms with Crippen molar-refractivity contribution < 1.29 is 14.6 Å². The van der Waals surface area contributed by atoms with Crippen LogP contribution in [0.4, 0.5) is 0 Å². The second kappa shape index (κ2) is 5.83. The van der Waals surface area contributed by atoms with E-state index in [1.807, 2.05) is 6.07 Å². The van der Waals surface area contributed by atoms with Gasteiger partial charge in [-0.15, -0.1) is 0 Å². The van der Waals surface area contributed by atoms with E-state index < -0.39 is 5.97 Å². The minimum atomic E-state index is -0.684. The highest BCUT2D eigenvalue weighted by atomic mass is 16.5. The van der Waals surface area contributed by atoms with Crippen LogP contribution in [0, 0.1) is 0 Å². The molecule has 0 aromatic heterocycles. The molecule has 2 aliphatic rings. The van der Waals surface area contributed by atoms with E-state index in [1.54, 1.807) is 0 Å². The SMILES string of the molecule is O=C(O)C1CCCCCN1Cc1ccc2c(c1)CCO2. The Labute approximate surface area is 119 Å². The molecule has 1 N–H and O–H groups in total. The number of hydrogen-bond acceptors (Lipinski definition) is 3. The molecule has 0 amide bonds. The maximum absolute atomic E-state index is 11.4. The molecule has 1 unspecified atom stereocenters. The highest BCUT2D eigenvalue weighted by molar-refractivity contribution is 5.73. The Morgan fingerprint density at radius 2 is 2.25 bits per heavy atom. The summed E-state index contributed by atoms with van der Waals surface area (Å²) in [5, 5.41) is 9.40. The van der Waals surface area contributed by atoms with Crippen LogP contribution in [-0.2, 0) is 17.8 Å². The first-order valence-corrected chi connectivity index (χ1v) is 7.45. The second-order valence-electron chi connectivity index (χ2n) is 5.71. The Hall–Kier alpha value is -1.55. The highest BCUT2D eigenvalue weighted by Gasteiger charge is 2.27. The van der Waals surface area contributed by atoms with Crippen LogP contribution in [0.3, 0.4) is 0 Å². The molecule has 2 heterocycles. The smallest absolute Gasteiger partial charge is 0.320 e. The van der Waals surface area contributed by atoms with Crippen molar-refractivity contribution in [2.24, 2.45) is 0 Å². The summed E-state index contributed by atoms with van der Waals surface area (Å²) in [4.78, 5) is 13.6. The van der Waals surface area contributed by atoms with E-state index in [2.05, 4.69) is 17.0 Å². The van der Waals surface area contributed by atoms with Gasteiger partial charge < -0.3 is 9.84 Å². The summed E-state index contributed by atoms with van der Waals surface area (Å²) < 4.78 is 5.52. The molecule has 0 aliphatic carbocycles. The monoisotopic (exact) mass is 275 g/mol. The maximum atomic E-state index is 11.4. The van der Waals surface area contributed by atoms with E-state index in [9.17, 15) is 9.90 Å². The molecule has 3 rings (SSSR count). The Morgan fingerprint density at radius 3 is 3.10 bits per heavy atom. The quantitative estimate of drug-likeness (QED) is 0.920. The van der Waals surface area contributed by atoms with Crippen molar-refractivity contribution in [3.05, 3.63) is 29.3 Å². The van der Waals surface area contributed by atoms with Crippen molar-refractivity contribution in [1.29, 1.82) is 0 Å². The first kappa shape index (κ1) is 13.4. The van der Waals surface area contributed by atoms with Crippen LogP contribution in [0.5, 0.6) is 5.75 Å². The van der Waals surface area contributed by atoms with E-state index in [0.29, 0.717) is 0 Å². The van der Waals surface area contributed by atoms with Gasteiger partial charge in [-0.1, -0.05) is 25.0 Å². The average Bonchev–Trinajstić information content (AvgIpc) is 2.76. The van der Waals surface area contributed by atoms with Gasteiger partial charge in [0.15, 0.2) is 0 Å². The molecule has 4 heteroatoms. The lowest BCUT2D eigenvalue weighted by atomic mass is 10.1. The lowest BCUT2D eigenvalue weighted by molar-refractivity contribution is -0.143. The summed E-state index contributed by atoms with van der Waals surface area (Å²) in [6, 6.07) is 5.92. The zero-order chi connectivity index (χ0) is 13.9. The molecular weight excluding hydrogens is 254 g/mol. The molecule has 1 atom stereocenters. The number of hydrogen-bond donors (Lipinski definition) is 1. The lowest BCUT2D eigenvalue weighted by Gasteiger charge is -2.26. The number of carboxylic acid groups (broad SMARTS) is 1. The van der Waals surface area contributed by atoms with Gasteiger partial charge in [0, 0.05) is 13.0 Å². The van der Waals surface area contributed by atoms with Crippen molar-refractivity contribution in [3.8, 4) is 5.75 Å². The number of ether oxygens (including phenoxy) is 1. The average molecular weight is 275 g/mol. The fraction of sp³-hybridized carbons (Fsp3) is 0.562. The summed E-state index contributed by atoms with van der Waals surface area (Å²) in [5.41, 5.74) is 2.45. The molecule has 1 aromatic carbocycles. The fourth-order valence-corrected chi connectivity index (χ4v) is 3.21. The van der Waals surface area contributed by atoms with E-state index in [-0.39, 0.29) is 6.04 Å². The summed E-state index contributed by atoms with van der Waals surface area (Å²) in [7, 11) is 0. The van der Waals surface area contributed by atoms with Gasteiger partial charge in [-0.3, -0.25) is 9.69 Å². The molecule has 0 bridgehead atoms. The van der Waals surface area contributed by atoms with Gasteiger partial charge in [0.05, 0.1) is 6.61 Å². The first-order valence-electron chi connectivity index (χ1n) is 7.45. The largest absolute Gasteiger partial charge is 0.493 e. The molecule has 0 radical (unpaired) electrons. The summed E-state index contributed by atoms with van der Waals surface area (Å²) in [6.07, 6.45) is 4.98. The molecule has 1 saturated heterocycles. The summed E-state index contributed by atoms with van der Waals surface area (Å²) in [5.74, 6) is 0.302. The van der Waals surface area contributed by atoms with Gasteiger partial charge in [0.2, 0.25) is 0 Å². The number of carboxylic acids is 1. The first-order chi connectivity index (χ1) is 9.74. The number of likely N-dealkylation sites (tertiary alicyclic amines) is 1. The number of carbonyl (C=O) groups is 1. The van der Waals surface area contributed by atoms with Gasteiger partial charge in [0.1, 0.15) is 11.8 Å². The molecule has 4 nitrogen and oxygen atoms in total. The molecule has 20 heavy (non-hydrogen) atoms. The molecule has 2 aliphatic heterocycles. The highest BCUT2D eigenvalue weighted by Crippen LogP contribution is 2.27. The van der Waals surface area contributed by atoms with Crippen molar-refractivity contribution in [1.82, 2.24) is 4.90 Å². The van der Waals surface area contributed by atoms with Gasteiger partial charge >= 0.3 is 5.97 Å². The van der Waals surface area contributed by atoms with E-state index >= 15 is 0 Å². The molecule has 108 valence electrons. The predicted octanol–water partition coefficient (Wildman–Crippen LogP) is 2.45. The third kappa shape index (κ3) is 2.80. The van der Waals surface area contributed by atoms with Crippen LogP contribution < -0.4 is 4.74 Å². The van der Waals surface area contributed by atoms with Gasteiger partial charge in [-0.2, -0.15) is 0 Å². The number of fused-ring (bicyclic) bond motifs is 1. The van der Waals surface area contributed by atoms with Gasteiger partial charge in [-0.05, 0) is 36.6 Å². The van der Waals surface area contributed by atoms with Crippen LogP contribution in [0.1, 0.15) is 36.8 Å². The van der Waals surface area contributed by atoms with Crippen molar-refractivity contribution in [2.75, 3.05) is 13.2 Å². The van der Waals surface area contributed by atoms with Gasteiger partial charge in [0.25, 0.3) is 0 Å². The summed E-state index contributed by atoms with van der Waals surface area (Å²) >= 11 is 0. The standard InChI is InChI=1S/C16H21NO3/c18-16(19)14-4-2-1-3-8-17(14)11-12-5-6-15-13(10-12)7-9-20-15/h5-6,10,14H,1-4,7-9,11H2,(H,18,19). The van der Waals surface area contributed by atoms with Crippen LogP contribution in [0.15, 0.2) is 18.2 Å². The van der Waals surface area contributed by atoms with Crippen molar-refractivity contribution >= 4 is 5.97 Å². The van der Waals surface area contributed by atoms with Gasteiger partial charge in [-0.25, -0.2) is 0 Å². The van der Waals surface area contributed by atoms with Crippen LogP contribution >= 0.6 is 0 Å². The minimum absolute atomic E-state index is 0.331. The Morgan fingerprint density at radius 1 is 1.35 bits per heavy atom. The fourth-order valence-electron chi connectivity index (χ4n) is 3.21. The number of rotatable bonds is 3. The Bertz CT molecular complexity index is 500. The number of aliphatic carboxylic acids is 1. The normalized spacial score (nSPS) is 22.9. The van der Waals surface area contributed by atoms with Crippen LogP contribution in [-0.4, -0.2) is 35.2 Å². The lowest BCUT2D eigenvalue weighted by Crippen LogP contribution is -2.40. The van der Waals surface area contributed by atoms with E-state index in [0.717, 1.165) is 57.6 Å². The van der Waals surface area contributed by atoms with Crippen LogP contribution in [0.25, 0.3) is 0 Å². The Kier molecular flexibility index (Phi) is 3.92. The van der Waals surface area contributed by atoms with E-state index in [1.165, 1.54) is 11.1 Å². The number of nitrogens with zero attached hydrogens (tertiary/aromatic N) is 1. The molecule has 1 fully saturated rings. The third-order valence-electron chi connectivity index (χ3n) is 4.29. The molecule has 0 saturated carbocycles. The zero-order valence-corrected chi connectivity index (χ0v) is 11.7. The number of benzene rings is 1. The zero-order valence-electron chi connectivity index (χ0n) is 11.7. The second-order valence-corrected chi connectivity index (χ2v) is 5.71. The Balaban J connectivity index is 1.75. The maximum Gasteiger partial charge on any atom is 0.320 e. The summed E-state index contributed by atoms with van der Waals surface area (Å²) in [6.45, 7) is 2.37. The molecular formula is C16H21NO3.